The Morgan fingerprint density at radius 2 is 2.43 bits per heavy atom. The van der Waals surface area contributed by atoms with E-state index in [0.717, 1.165) is 11.5 Å². The number of methoxy groups -OCH3 is 1. The van der Waals surface area contributed by atoms with E-state index in [1.165, 1.54) is 7.11 Å². The zero-order valence-electron chi connectivity index (χ0n) is 7.31. The fourth-order valence-electron chi connectivity index (χ4n) is 1.12. The van der Waals surface area contributed by atoms with E-state index in [9.17, 15) is 0 Å². The Hall–Kier alpha value is -1.87. The molecule has 0 bridgehead atoms. The summed E-state index contributed by atoms with van der Waals surface area (Å²) < 4.78 is 8.96. The monoisotopic (exact) mass is 206 g/mol. The minimum atomic E-state index is 0.283. The number of nitrogens with two attached hydrogens (primary N) is 1. The van der Waals surface area contributed by atoms with Crippen LogP contribution in [0.3, 0.4) is 0 Å². The molecule has 0 unspecified atom stereocenters. The van der Waals surface area contributed by atoms with E-state index in [1.54, 1.807) is 6.07 Å². The molecule has 6 heteroatoms. The summed E-state index contributed by atoms with van der Waals surface area (Å²) in [5.74, 6) is 0.283. The molecule has 0 spiro atoms. The van der Waals surface area contributed by atoms with Crippen LogP contribution in [-0.2, 0) is 0 Å². The number of nitrogens with zero attached hydrogens (tertiary/aromatic N) is 3. The van der Waals surface area contributed by atoms with Crippen LogP contribution in [0.15, 0.2) is 6.07 Å². The Balaban J connectivity index is 2.79. The van der Waals surface area contributed by atoms with Crippen LogP contribution in [0, 0.1) is 11.3 Å². The van der Waals surface area contributed by atoms with Crippen LogP contribution in [-0.4, -0.2) is 16.5 Å². The van der Waals surface area contributed by atoms with E-state index in [1.807, 2.05) is 6.07 Å². The molecule has 0 aliphatic heterocycles. The number of ether oxygens (including phenoxy) is 1. The van der Waals surface area contributed by atoms with E-state index >= 15 is 0 Å². The van der Waals surface area contributed by atoms with Crippen molar-refractivity contribution in [3.8, 4) is 11.9 Å². The first kappa shape index (κ1) is 8.72. The van der Waals surface area contributed by atoms with E-state index in [2.05, 4.69) is 9.36 Å². The van der Waals surface area contributed by atoms with Crippen molar-refractivity contribution in [1.29, 1.82) is 5.26 Å². The quantitative estimate of drug-likeness (QED) is 0.756. The number of rotatable bonds is 1. The van der Waals surface area contributed by atoms with Gasteiger partial charge >= 0.3 is 0 Å². The van der Waals surface area contributed by atoms with E-state index in [4.69, 9.17) is 15.7 Å². The van der Waals surface area contributed by atoms with Crippen molar-refractivity contribution in [2.24, 2.45) is 0 Å². The van der Waals surface area contributed by atoms with E-state index in [-0.39, 0.29) is 5.88 Å². The lowest BCUT2D eigenvalue weighted by Gasteiger charge is -1.99. The average molecular weight is 206 g/mol. The molecule has 0 fully saturated rings. The first-order valence-electron chi connectivity index (χ1n) is 3.76. The first-order chi connectivity index (χ1) is 6.76. The molecule has 2 heterocycles. The minimum Gasteiger partial charge on any atom is -0.480 e. The number of nitrogen functional groups attached to an aromatic ring is 1. The third kappa shape index (κ3) is 1.15. The maximum absolute atomic E-state index is 8.81. The number of nitriles is 1. The van der Waals surface area contributed by atoms with Crippen molar-refractivity contribution < 1.29 is 4.74 Å². The Kier molecular flexibility index (Phi) is 1.94. The Bertz CT molecular complexity index is 528. The van der Waals surface area contributed by atoms with Crippen molar-refractivity contribution in [2.45, 2.75) is 0 Å². The molecule has 14 heavy (non-hydrogen) atoms. The molecule has 0 aromatic carbocycles. The van der Waals surface area contributed by atoms with Crippen molar-refractivity contribution in [2.75, 3.05) is 12.8 Å². The highest BCUT2D eigenvalue weighted by Crippen LogP contribution is 2.27. The number of hydrogen-bond acceptors (Lipinski definition) is 6. The molecular weight excluding hydrogens is 200 g/mol. The third-order valence-electron chi connectivity index (χ3n) is 1.78. The smallest absolute Gasteiger partial charge is 0.233 e. The molecule has 2 N–H and O–H groups in total. The molecule has 2 aromatic rings. The number of fused-ring (bicyclic) bond motifs is 1. The van der Waals surface area contributed by atoms with Crippen molar-refractivity contribution in [1.82, 2.24) is 9.36 Å². The SMILES string of the molecule is COc1nc2nsc(N)c2cc1C#N. The first-order valence-corrected chi connectivity index (χ1v) is 4.53. The predicted molar refractivity (Wildman–Crippen MR) is 53.1 cm³/mol. The van der Waals surface area contributed by atoms with Gasteiger partial charge < -0.3 is 10.5 Å². The molecule has 0 saturated heterocycles. The van der Waals surface area contributed by atoms with Crippen LogP contribution < -0.4 is 10.5 Å². The summed E-state index contributed by atoms with van der Waals surface area (Å²) in [5, 5.41) is 10.1. The zero-order valence-corrected chi connectivity index (χ0v) is 8.13. The second kappa shape index (κ2) is 3.12. The number of hydrogen-bond donors (Lipinski definition) is 1. The lowest BCUT2D eigenvalue weighted by Crippen LogP contribution is -1.92. The Morgan fingerprint density at radius 1 is 1.64 bits per heavy atom. The lowest BCUT2D eigenvalue weighted by atomic mass is 10.2. The molecule has 5 nitrogen and oxygen atoms in total. The van der Waals surface area contributed by atoms with Gasteiger partial charge in [0.1, 0.15) is 16.6 Å². The van der Waals surface area contributed by atoms with Crippen molar-refractivity contribution in [3.05, 3.63) is 11.6 Å². The summed E-state index contributed by atoms with van der Waals surface area (Å²) in [6.07, 6.45) is 0. The maximum atomic E-state index is 8.81. The molecule has 2 aromatic heterocycles. The summed E-state index contributed by atoms with van der Waals surface area (Å²) in [7, 11) is 1.46. The standard InChI is InChI=1S/C8H6N4OS/c1-13-8-4(3-9)2-5-6(10)14-12-7(5)11-8/h2H,10H2,1H3. The summed E-state index contributed by atoms with van der Waals surface area (Å²) in [4.78, 5) is 4.06. The molecule has 0 saturated carbocycles. The second-order valence-electron chi connectivity index (χ2n) is 2.58. The zero-order chi connectivity index (χ0) is 10.1. The van der Waals surface area contributed by atoms with E-state index in [0.29, 0.717) is 21.6 Å². The van der Waals surface area contributed by atoms with Crippen LogP contribution in [0.5, 0.6) is 5.88 Å². The average Bonchev–Trinajstić information content (AvgIpc) is 2.58. The summed E-state index contributed by atoms with van der Waals surface area (Å²) >= 11 is 1.16. The number of aromatic nitrogens is 2. The Morgan fingerprint density at radius 3 is 3.07 bits per heavy atom. The highest BCUT2D eigenvalue weighted by atomic mass is 32.1. The topological polar surface area (TPSA) is 84.8 Å². The summed E-state index contributed by atoms with van der Waals surface area (Å²) in [6.45, 7) is 0. The van der Waals surface area contributed by atoms with Gasteiger partial charge in [-0.3, -0.25) is 0 Å². The Labute approximate surface area is 83.9 Å². The van der Waals surface area contributed by atoms with Gasteiger partial charge in [-0.1, -0.05) is 0 Å². The maximum Gasteiger partial charge on any atom is 0.233 e. The van der Waals surface area contributed by atoms with Crippen molar-refractivity contribution >= 4 is 27.6 Å². The van der Waals surface area contributed by atoms with Gasteiger partial charge in [0, 0.05) is 0 Å². The van der Waals surface area contributed by atoms with Gasteiger partial charge in [-0.25, -0.2) is 0 Å². The predicted octanol–water partition coefficient (Wildman–Crippen LogP) is 1.15. The molecule has 0 radical (unpaired) electrons. The molecule has 0 amide bonds. The fourth-order valence-corrected chi connectivity index (χ4v) is 1.69. The summed E-state index contributed by atoms with van der Waals surface area (Å²) in [5.41, 5.74) is 6.54. The highest BCUT2D eigenvalue weighted by Gasteiger charge is 2.10. The van der Waals surface area contributed by atoms with Crippen molar-refractivity contribution in [3.63, 3.8) is 0 Å². The van der Waals surface area contributed by atoms with Crippen LogP contribution in [0.1, 0.15) is 5.56 Å². The number of pyridine rings is 1. The van der Waals surface area contributed by atoms with Crippen LogP contribution >= 0.6 is 11.5 Å². The molecule has 0 aliphatic carbocycles. The molecule has 2 rings (SSSR count). The van der Waals surface area contributed by atoms with Gasteiger partial charge in [0.2, 0.25) is 5.88 Å². The second-order valence-corrected chi connectivity index (χ2v) is 3.38. The van der Waals surface area contributed by atoms with E-state index < -0.39 is 0 Å². The third-order valence-corrected chi connectivity index (χ3v) is 2.46. The van der Waals surface area contributed by atoms with Gasteiger partial charge in [0.05, 0.1) is 12.5 Å². The van der Waals surface area contributed by atoms with Gasteiger partial charge in [0.25, 0.3) is 0 Å². The molecule has 0 aliphatic rings. The largest absolute Gasteiger partial charge is 0.480 e. The van der Waals surface area contributed by atoms with Crippen LogP contribution in [0.25, 0.3) is 11.0 Å². The van der Waals surface area contributed by atoms with Gasteiger partial charge in [-0.05, 0) is 17.6 Å². The molecule has 0 atom stereocenters. The van der Waals surface area contributed by atoms with Crippen LogP contribution in [0.2, 0.25) is 0 Å². The molecule has 70 valence electrons. The normalized spacial score (nSPS) is 10.0. The number of anilines is 1. The van der Waals surface area contributed by atoms with Crippen LogP contribution in [0.4, 0.5) is 5.00 Å². The van der Waals surface area contributed by atoms with Gasteiger partial charge in [-0.15, -0.1) is 0 Å². The highest BCUT2D eigenvalue weighted by molar-refractivity contribution is 7.11. The summed E-state index contributed by atoms with van der Waals surface area (Å²) in [6, 6.07) is 3.63. The fraction of sp³-hybridized carbons (Fsp3) is 0.125. The van der Waals surface area contributed by atoms with Gasteiger partial charge in [-0.2, -0.15) is 14.6 Å². The molecular formula is C8H6N4OS. The van der Waals surface area contributed by atoms with Gasteiger partial charge in [0.15, 0.2) is 5.65 Å². The minimum absolute atomic E-state index is 0.283. The lowest BCUT2D eigenvalue weighted by molar-refractivity contribution is 0.398.